The lowest BCUT2D eigenvalue weighted by molar-refractivity contribution is -0.128. The van der Waals surface area contributed by atoms with Gasteiger partial charge in [0.05, 0.1) is 0 Å². The summed E-state index contributed by atoms with van der Waals surface area (Å²) >= 11 is 0. The van der Waals surface area contributed by atoms with Gasteiger partial charge in [0.25, 0.3) is 5.91 Å². The average Bonchev–Trinajstić information content (AvgIpc) is 2.28. The fourth-order valence-electron chi connectivity index (χ4n) is 1.32. The van der Waals surface area contributed by atoms with E-state index in [4.69, 9.17) is 10.5 Å². The topological polar surface area (TPSA) is 81.4 Å². The number of nitrogens with two attached hydrogens (primary N) is 1. The Morgan fingerprint density at radius 1 is 1.38 bits per heavy atom. The van der Waals surface area contributed by atoms with E-state index < -0.39 is 12.2 Å². The third kappa shape index (κ3) is 3.61. The first kappa shape index (κ1) is 12.0. The number of benzene rings is 1. The van der Waals surface area contributed by atoms with Gasteiger partial charge in [-0.3, -0.25) is 4.79 Å². The Balaban J connectivity index is 2.70. The minimum absolute atomic E-state index is 0.309. The van der Waals surface area contributed by atoms with Crippen molar-refractivity contribution in [2.45, 2.75) is 12.5 Å². The zero-order chi connectivity index (χ0) is 12.0. The molecule has 1 aromatic rings. The molecule has 0 saturated heterocycles. The second kappa shape index (κ2) is 5.75. The minimum atomic E-state index is -0.954. The quantitative estimate of drug-likeness (QED) is 0.775. The number of primary amides is 1. The van der Waals surface area contributed by atoms with Gasteiger partial charge < -0.3 is 15.8 Å². The van der Waals surface area contributed by atoms with Crippen molar-refractivity contribution in [3.63, 3.8) is 0 Å². The standard InChI is InChI=1S/C11H14N2O3/c1-13-10(14)9(16-11(12)15)7-8-5-3-2-4-6-8/h2-6,9H,7H2,1H3,(H2,12,15)(H,13,14). The largest absolute Gasteiger partial charge is 0.436 e. The van der Waals surface area contributed by atoms with E-state index in [9.17, 15) is 9.59 Å². The predicted octanol–water partition coefficient (Wildman–Crippen LogP) is 0.439. The lowest BCUT2D eigenvalue weighted by Crippen LogP contribution is -2.38. The van der Waals surface area contributed by atoms with E-state index in [0.717, 1.165) is 5.56 Å². The molecule has 0 aliphatic heterocycles. The summed E-state index contributed by atoms with van der Waals surface area (Å²) in [5.74, 6) is -0.373. The number of carbonyl (C=O) groups is 2. The van der Waals surface area contributed by atoms with Gasteiger partial charge in [-0.05, 0) is 5.56 Å². The summed E-state index contributed by atoms with van der Waals surface area (Å²) in [6.45, 7) is 0. The molecule has 0 radical (unpaired) electrons. The van der Waals surface area contributed by atoms with Crippen LogP contribution in [-0.4, -0.2) is 25.2 Å². The molecule has 0 fully saturated rings. The maximum Gasteiger partial charge on any atom is 0.405 e. The number of hydrogen-bond acceptors (Lipinski definition) is 3. The summed E-state index contributed by atoms with van der Waals surface area (Å²) in [5.41, 5.74) is 5.80. The van der Waals surface area contributed by atoms with Crippen molar-refractivity contribution in [1.82, 2.24) is 5.32 Å². The van der Waals surface area contributed by atoms with Crippen molar-refractivity contribution in [2.24, 2.45) is 5.73 Å². The smallest absolute Gasteiger partial charge is 0.405 e. The van der Waals surface area contributed by atoms with Crippen LogP contribution >= 0.6 is 0 Å². The molecule has 1 unspecified atom stereocenters. The molecule has 0 bridgehead atoms. The first-order valence-corrected chi connectivity index (χ1v) is 4.85. The molecular formula is C11H14N2O3. The van der Waals surface area contributed by atoms with Crippen molar-refractivity contribution < 1.29 is 14.3 Å². The lowest BCUT2D eigenvalue weighted by Gasteiger charge is -2.14. The molecule has 3 N–H and O–H groups in total. The van der Waals surface area contributed by atoms with Gasteiger partial charge >= 0.3 is 6.09 Å². The molecule has 5 heteroatoms. The molecule has 2 amide bonds. The number of ether oxygens (including phenoxy) is 1. The Bertz CT molecular complexity index is 365. The van der Waals surface area contributed by atoms with Crippen molar-refractivity contribution in [3.8, 4) is 0 Å². The van der Waals surface area contributed by atoms with E-state index in [2.05, 4.69) is 5.32 Å². The van der Waals surface area contributed by atoms with Crippen LogP contribution in [0.1, 0.15) is 5.56 Å². The van der Waals surface area contributed by atoms with Gasteiger partial charge in [-0.25, -0.2) is 4.79 Å². The van der Waals surface area contributed by atoms with Crippen LogP contribution < -0.4 is 11.1 Å². The zero-order valence-corrected chi connectivity index (χ0v) is 8.97. The fraction of sp³-hybridized carbons (Fsp3) is 0.273. The highest BCUT2D eigenvalue weighted by Gasteiger charge is 2.20. The maximum atomic E-state index is 11.4. The zero-order valence-electron chi connectivity index (χ0n) is 8.97. The van der Waals surface area contributed by atoms with E-state index in [1.807, 2.05) is 30.3 Å². The molecule has 16 heavy (non-hydrogen) atoms. The molecule has 0 aliphatic carbocycles. The van der Waals surface area contributed by atoms with Gasteiger partial charge in [0.1, 0.15) is 0 Å². The molecule has 1 aromatic carbocycles. The third-order valence-electron chi connectivity index (χ3n) is 2.06. The van der Waals surface area contributed by atoms with Crippen LogP contribution in [0, 0.1) is 0 Å². The number of amides is 2. The molecule has 5 nitrogen and oxygen atoms in total. The monoisotopic (exact) mass is 222 g/mol. The summed E-state index contributed by atoms with van der Waals surface area (Å²) in [4.78, 5) is 22.0. The van der Waals surface area contributed by atoms with Crippen LogP contribution in [0.3, 0.4) is 0 Å². The molecule has 1 rings (SSSR count). The van der Waals surface area contributed by atoms with Crippen LogP contribution in [-0.2, 0) is 16.0 Å². The molecule has 0 aliphatic rings. The highest BCUT2D eigenvalue weighted by atomic mass is 16.6. The van der Waals surface area contributed by atoms with E-state index in [0.29, 0.717) is 6.42 Å². The summed E-state index contributed by atoms with van der Waals surface area (Å²) in [7, 11) is 1.48. The Morgan fingerprint density at radius 2 is 2.00 bits per heavy atom. The maximum absolute atomic E-state index is 11.4. The van der Waals surface area contributed by atoms with Crippen LogP contribution in [0.2, 0.25) is 0 Å². The van der Waals surface area contributed by atoms with Crippen LogP contribution in [0.5, 0.6) is 0 Å². The Kier molecular flexibility index (Phi) is 4.32. The third-order valence-corrected chi connectivity index (χ3v) is 2.06. The summed E-state index contributed by atoms with van der Waals surface area (Å²) < 4.78 is 4.73. The predicted molar refractivity (Wildman–Crippen MR) is 58.7 cm³/mol. The van der Waals surface area contributed by atoms with Gasteiger partial charge in [-0.15, -0.1) is 0 Å². The van der Waals surface area contributed by atoms with Gasteiger partial charge in [0.15, 0.2) is 6.10 Å². The fourth-order valence-corrected chi connectivity index (χ4v) is 1.32. The minimum Gasteiger partial charge on any atom is -0.436 e. The van der Waals surface area contributed by atoms with E-state index in [1.54, 1.807) is 0 Å². The van der Waals surface area contributed by atoms with E-state index >= 15 is 0 Å². The summed E-state index contributed by atoms with van der Waals surface area (Å²) in [6, 6.07) is 9.26. The summed E-state index contributed by atoms with van der Waals surface area (Å²) in [6.07, 6.45) is -1.53. The second-order valence-corrected chi connectivity index (χ2v) is 3.23. The van der Waals surface area contributed by atoms with Crippen molar-refractivity contribution in [2.75, 3.05) is 7.05 Å². The normalized spacial score (nSPS) is 11.6. The molecular weight excluding hydrogens is 208 g/mol. The lowest BCUT2D eigenvalue weighted by atomic mass is 10.1. The first-order chi connectivity index (χ1) is 7.63. The molecule has 0 heterocycles. The van der Waals surface area contributed by atoms with Gasteiger partial charge in [0, 0.05) is 13.5 Å². The van der Waals surface area contributed by atoms with Crippen LogP contribution in [0.15, 0.2) is 30.3 Å². The SMILES string of the molecule is CNC(=O)C(Cc1ccccc1)OC(N)=O. The number of rotatable bonds is 4. The average molecular weight is 222 g/mol. The number of hydrogen-bond donors (Lipinski definition) is 2. The number of likely N-dealkylation sites (N-methyl/N-ethyl adjacent to an activating group) is 1. The second-order valence-electron chi connectivity index (χ2n) is 3.23. The Hall–Kier alpha value is -2.04. The van der Waals surface area contributed by atoms with E-state index in [-0.39, 0.29) is 5.91 Å². The first-order valence-electron chi connectivity index (χ1n) is 4.85. The highest BCUT2D eigenvalue weighted by molar-refractivity contribution is 5.83. The Morgan fingerprint density at radius 3 is 2.50 bits per heavy atom. The Labute approximate surface area is 93.6 Å². The molecule has 0 aromatic heterocycles. The van der Waals surface area contributed by atoms with Crippen molar-refractivity contribution in [1.29, 1.82) is 0 Å². The van der Waals surface area contributed by atoms with Gasteiger partial charge in [-0.1, -0.05) is 30.3 Å². The van der Waals surface area contributed by atoms with Gasteiger partial charge in [-0.2, -0.15) is 0 Å². The highest BCUT2D eigenvalue weighted by Crippen LogP contribution is 2.06. The molecule has 0 saturated carbocycles. The number of nitrogens with one attached hydrogen (secondary N) is 1. The molecule has 1 atom stereocenters. The van der Waals surface area contributed by atoms with Crippen molar-refractivity contribution in [3.05, 3.63) is 35.9 Å². The van der Waals surface area contributed by atoms with Crippen LogP contribution in [0.25, 0.3) is 0 Å². The van der Waals surface area contributed by atoms with Crippen LogP contribution in [0.4, 0.5) is 4.79 Å². The molecule has 0 spiro atoms. The van der Waals surface area contributed by atoms with E-state index in [1.165, 1.54) is 7.05 Å². The summed E-state index contributed by atoms with van der Waals surface area (Å²) in [5, 5.41) is 2.42. The number of carbonyl (C=O) groups excluding carboxylic acids is 2. The van der Waals surface area contributed by atoms with Gasteiger partial charge in [0.2, 0.25) is 0 Å². The molecule has 86 valence electrons. The van der Waals surface area contributed by atoms with Crippen molar-refractivity contribution >= 4 is 12.0 Å².